The summed E-state index contributed by atoms with van der Waals surface area (Å²) in [7, 11) is 4.02. The van der Waals surface area contributed by atoms with Gasteiger partial charge in [0.1, 0.15) is 18.0 Å². The van der Waals surface area contributed by atoms with Crippen molar-refractivity contribution in [3.05, 3.63) is 11.9 Å². The fraction of sp³-hybridized carbons (Fsp3) is 0.714. The van der Waals surface area contributed by atoms with Crippen LogP contribution in [-0.2, 0) is 11.2 Å². The maximum atomic E-state index is 5.76. The summed E-state index contributed by atoms with van der Waals surface area (Å²) in [5.41, 5.74) is 1.15. The first kappa shape index (κ1) is 15.0. The van der Waals surface area contributed by atoms with Crippen LogP contribution in [0.1, 0.15) is 18.9 Å². The molecule has 1 aliphatic heterocycles. The van der Waals surface area contributed by atoms with Crippen LogP contribution in [0.25, 0.3) is 0 Å². The second-order valence-electron chi connectivity index (χ2n) is 5.19. The Labute approximate surface area is 120 Å². The summed E-state index contributed by atoms with van der Waals surface area (Å²) < 4.78 is 5.76. The van der Waals surface area contributed by atoms with Gasteiger partial charge in [0.05, 0.1) is 12.7 Å². The molecule has 1 aromatic heterocycles. The molecule has 0 aliphatic carbocycles. The lowest BCUT2D eigenvalue weighted by molar-refractivity contribution is -0.0117. The fourth-order valence-electron chi connectivity index (χ4n) is 2.47. The first-order valence-electron chi connectivity index (χ1n) is 7.30. The zero-order valence-electron chi connectivity index (χ0n) is 12.6. The zero-order chi connectivity index (χ0) is 14.4. The third-order valence-corrected chi connectivity index (χ3v) is 3.52. The van der Waals surface area contributed by atoms with Gasteiger partial charge >= 0.3 is 0 Å². The standard InChI is InChI=1S/C14H25N5O/c1-4-5-12-13(15-2)17-10-18-14(12)16-8-11-9-19(3)6-7-20-11/h10-11H,4-9H2,1-3H3,(H2,15,16,17,18). The number of hydrogen-bond donors (Lipinski definition) is 2. The molecule has 1 atom stereocenters. The van der Waals surface area contributed by atoms with Crippen LogP contribution in [0.2, 0.25) is 0 Å². The summed E-state index contributed by atoms with van der Waals surface area (Å²) in [6.07, 6.45) is 3.85. The first-order valence-corrected chi connectivity index (χ1v) is 7.30. The molecular formula is C14H25N5O. The Morgan fingerprint density at radius 2 is 2.20 bits per heavy atom. The van der Waals surface area contributed by atoms with E-state index in [2.05, 4.69) is 39.5 Å². The van der Waals surface area contributed by atoms with Crippen LogP contribution in [0.3, 0.4) is 0 Å². The summed E-state index contributed by atoms with van der Waals surface area (Å²) in [6, 6.07) is 0. The molecule has 2 heterocycles. The van der Waals surface area contributed by atoms with Crippen molar-refractivity contribution in [2.75, 3.05) is 51.0 Å². The van der Waals surface area contributed by atoms with E-state index in [1.54, 1.807) is 6.33 Å². The fourth-order valence-corrected chi connectivity index (χ4v) is 2.47. The minimum atomic E-state index is 0.219. The molecule has 0 spiro atoms. The van der Waals surface area contributed by atoms with Crippen molar-refractivity contribution in [2.24, 2.45) is 0 Å². The number of nitrogens with one attached hydrogen (secondary N) is 2. The predicted molar refractivity (Wildman–Crippen MR) is 81.3 cm³/mol. The van der Waals surface area contributed by atoms with Crippen molar-refractivity contribution in [1.29, 1.82) is 0 Å². The zero-order valence-corrected chi connectivity index (χ0v) is 12.6. The highest BCUT2D eigenvalue weighted by Gasteiger charge is 2.18. The van der Waals surface area contributed by atoms with E-state index < -0.39 is 0 Å². The van der Waals surface area contributed by atoms with E-state index in [1.165, 1.54) is 0 Å². The number of anilines is 2. The molecule has 6 nitrogen and oxygen atoms in total. The Morgan fingerprint density at radius 3 is 2.90 bits per heavy atom. The molecule has 2 rings (SSSR count). The molecule has 1 saturated heterocycles. The van der Waals surface area contributed by atoms with Gasteiger partial charge in [-0.15, -0.1) is 0 Å². The van der Waals surface area contributed by atoms with Gasteiger partial charge in [0.15, 0.2) is 0 Å². The number of rotatable bonds is 6. The highest BCUT2D eigenvalue weighted by molar-refractivity contribution is 5.57. The van der Waals surface area contributed by atoms with E-state index >= 15 is 0 Å². The summed E-state index contributed by atoms with van der Waals surface area (Å²) in [6.45, 7) is 5.71. The average Bonchev–Trinajstić information content (AvgIpc) is 2.46. The van der Waals surface area contributed by atoms with Gasteiger partial charge < -0.3 is 20.3 Å². The predicted octanol–water partition coefficient (Wildman–Crippen LogP) is 1.21. The van der Waals surface area contributed by atoms with Gasteiger partial charge in [-0.1, -0.05) is 13.3 Å². The maximum absolute atomic E-state index is 5.76. The lowest BCUT2D eigenvalue weighted by atomic mass is 10.1. The summed E-state index contributed by atoms with van der Waals surface area (Å²) in [5.74, 6) is 1.83. The number of morpholine rings is 1. The highest BCUT2D eigenvalue weighted by atomic mass is 16.5. The monoisotopic (exact) mass is 279 g/mol. The van der Waals surface area contributed by atoms with Crippen molar-refractivity contribution in [3.8, 4) is 0 Å². The van der Waals surface area contributed by atoms with Gasteiger partial charge in [-0.25, -0.2) is 9.97 Å². The van der Waals surface area contributed by atoms with Crippen LogP contribution in [0.4, 0.5) is 11.6 Å². The summed E-state index contributed by atoms with van der Waals surface area (Å²) >= 11 is 0. The molecule has 0 amide bonds. The molecule has 112 valence electrons. The molecule has 2 N–H and O–H groups in total. The topological polar surface area (TPSA) is 62.3 Å². The number of ether oxygens (including phenoxy) is 1. The van der Waals surface area contributed by atoms with E-state index in [0.717, 1.165) is 56.3 Å². The smallest absolute Gasteiger partial charge is 0.134 e. The Bertz CT molecular complexity index is 426. The van der Waals surface area contributed by atoms with Gasteiger partial charge in [0.25, 0.3) is 0 Å². The Morgan fingerprint density at radius 1 is 1.40 bits per heavy atom. The van der Waals surface area contributed by atoms with E-state index in [9.17, 15) is 0 Å². The van der Waals surface area contributed by atoms with E-state index in [-0.39, 0.29) is 6.10 Å². The molecule has 6 heteroatoms. The molecule has 1 aliphatic rings. The molecule has 1 unspecified atom stereocenters. The van der Waals surface area contributed by atoms with Crippen molar-refractivity contribution in [2.45, 2.75) is 25.9 Å². The largest absolute Gasteiger partial charge is 0.374 e. The normalized spacial score (nSPS) is 19.9. The molecule has 1 fully saturated rings. The van der Waals surface area contributed by atoms with Crippen LogP contribution in [-0.4, -0.2) is 61.3 Å². The molecule has 0 radical (unpaired) electrons. The van der Waals surface area contributed by atoms with Crippen molar-refractivity contribution in [1.82, 2.24) is 14.9 Å². The van der Waals surface area contributed by atoms with Gasteiger partial charge in [-0.2, -0.15) is 0 Å². The minimum absolute atomic E-state index is 0.219. The SMILES string of the molecule is CCCc1c(NC)ncnc1NCC1CN(C)CCO1. The van der Waals surface area contributed by atoms with Gasteiger partial charge in [-0.05, 0) is 13.5 Å². The van der Waals surface area contributed by atoms with Gasteiger partial charge in [0.2, 0.25) is 0 Å². The van der Waals surface area contributed by atoms with E-state index in [0.29, 0.717) is 0 Å². The highest BCUT2D eigenvalue weighted by Crippen LogP contribution is 2.21. The molecule has 0 bridgehead atoms. The molecular weight excluding hydrogens is 254 g/mol. The first-order chi connectivity index (χ1) is 9.74. The molecule has 0 saturated carbocycles. The Balaban J connectivity index is 2.01. The van der Waals surface area contributed by atoms with Crippen LogP contribution >= 0.6 is 0 Å². The second kappa shape index (κ2) is 7.40. The Hall–Kier alpha value is -1.40. The van der Waals surface area contributed by atoms with Crippen molar-refractivity contribution >= 4 is 11.6 Å². The van der Waals surface area contributed by atoms with Gasteiger partial charge in [-0.3, -0.25) is 0 Å². The van der Waals surface area contributed by atoms with Crippen molar-refractivity contribution in [3.63, 3.8) is 0 Å². The average molecular weight is 279 g/mol. The number of hydrogen-bond acceptors (Lipinski definition) is 6. The third-order valence-electron chi connectivity index (χ3n) is 3.52. The summed E-state index contributed by atoms with van der Waals surface area (Å²) in [5, 5.41) is 6.56. The lowest BCUT2D eigenvalue weighted by Crippen LogP contribution is -2.43. The van der Waals surface area contributed by atoms with E-state index in [4.69, 9.17) is 4.74 Å². The maximum Gasteiger partial charge on any atom is 0.134 e. The van der Waals surface area contributed by atoms with Gasteiger partial charge in [0, 0.05) is 32.2 Å². The number of nitrogens with zero attached hydrogens (tertiary/aromatic N) is 3. The quantitative estimate of drug-likeness (QED) is 0.816. The number of aromatic nitrogens is 2. The van der Waals surface area contributed by atoms with Crippen LogP contribution in [0.5, 0.6) is 0 Å². The second-order valence-corrected chi connectivity index (χ2v) is 5.19. The van der Waals surface area contributed by atoms with Crippen LogP contribution in [0.15, 0.2) is 6.33 Å². The molecule has 20 heavy (non-hydrogen) atoms. The third kappa shape index (κ3) is 3.80. The molecule has 0 aromatic carbocycles. The number of likely N-dealkylation sites (N-methyl/N-ethyl adjacent to an activating group) is 1. The lowest BCUT2D eigenvalue weighted by Gasteiger charge is -2.30. The molecule has 1 aromatic rings. The van der Waals surface area contributed by atoms with Crippen molar-refractivity contribution < 1.29 is 4.74 Å². The summed E-state index contributed by atoms with van der Waals surface area (Å²) in [4.78, 5) is 11.0. The van der Waals surface area contributed by atoms with Crippen LogP contribution in [0, 0.1) is 0 Å². The van der Waals surface area contributed by atoms with Crippen LogP contribution < -0.4 is 10.6 Å². The minimum Gasteiger partial charge on any atom is -0.374 e. The Kier molecular flexibility index (Phi) is 5.55. The van der Waals surface area contributed by atoms with E-state index in [1.807, 2.05) is 7.05 Å².